The Morgan fingerprint density at radius 2 is 2.07 bits per heavy atom. The summed E-state index contributed by atoms with van der Waals surface area (Å²) in [7, 11) is -3.77. The van der Waals surface area contributed by atoms with E-state index in [9.17, 15) is 13.2 Å². The molecular weight excluding hydrogens is 240 g/mol. The first-order chi connectivity index (χ1) is 6.83. The fraction of sp³-hybridized carbons (Fsp3) is 0.222. The maximum atomic E-state index is 11.6. The lowest BCUT2D eigenvalue weighted by molar-refractivity contribution is -0.134. The second-order valence-corrected chi connectivity index (χ2v) is 5.46. The molecule has 0 aromatic heterocycles. The number of hydrogen-bond donors (Lipinski definition) is 1. The van der Waals surface area contributed by atoms with Crippen LogP contribution < -0.4 is 0 Å². The summed E-state index contributed by atoms with van der Waals surface area (Å²) in [4.78, 5) is 10.4. The summed E-state index contributed by atoms with van der Waals surface area (Å²) in [5, 5.41) is 8.87. The van der Waals surface area contributed by atoms with Crippen LogP contribution in [-0.2, 0) is 14.6 Å². The molecule has 0 unspecified atom stereocenters. The molecule has 0 aliphatic rings. The highest BCUT2D eigenvalue weighted by Crippen LogP contribution is 2.20. The standard InChI is InChI=1S/C9H9ClO4S/c1-6-4-7(10)2-3-8(6)15(13,14)5-9(11)12/h2-4H,5H2,1H3,(H,11,12). The van der Waals surface area contributed by atoms with Crippen molar-refractivity contribution in [1.82, 2.24) is 0 Å². The van der Waals surface area contributed by atoms with Crippen LogP contribution in [0.2, 0.25) is 5.02 Å². The van der Waals surface area contributed by atoms with Gasteiger partial charge in [-0.2, -0.15) is 0 Å². The molecule has 1 aromatic carbocycles. The highest BCUT2D eigenvalue weighted by Gasteiger charge is 2.20. The number of benzene rings is 1. The van der Waals surface area contributed by atoms with Crippen molar-refractivity contribution in [2.45, 2.75) is 11.8 Å². The number of aryl methyl sites for hydroxylation is 1. The molecule has 0 heterocycles. The van der Waals surface area contributed by atoms with Crippen LogP contribution in [0.5, 0.6) is 0 Å². The van der Waals surface area contributed by atoms with E-state index >= 15 is 0 Å². The van der Waals surface area contributed by atoms with Gasteiger partial charge in [-0.1, -0.05) is 11.6 Å². The number of rotatable bonds is 3. The zero-order valence-electron chi connectivity index (χ0n) is 7.90. The Labute approximate surface area is 92.4 Å². The third kappa shape index (κ3) is 2.94. The SMILES string of the molecule is Cc1cc(Cl)ccc1S(=O)(=O)CC(=O)O. The average Bonchev–Trinajstić information content (AvgIpc) is 1.99. The van der Waals surface area contributed by atoms with Crippen molar-refractivity contribution in [1.29, 1.82) is 0 Å². The maximum absolute atomic E-state index is 11.6. The first-order valence-corrected chi connectivity index (χ1v) is 6.06. The van der Waals surface area contributed by atoms with Gasteiger partial charge in [0.2, 0.25) is 0 Å². The van der Waals surface area contributed by atoms with Crippen molar-refractivity contribution in [2.75, 3.05) is 5.75 Å². The molecule has 0 amide bonds. The summed E-state index contributed by atoms with van der Waals surface area (Å²) >= 11 is 5.66. The summed E-state index contributed by atoms with van der Waals surface area (Å²) in [5.41, 5.74) is 0.448. The van der Waals surface area contributed by atoms with Gasteiger partial charge in [-0.25, -0.2) is 8.42 Å². The largest absolute Gasteiger partial charge is 0.480 e. The van der Waals surface area contributed by atoms with Crippen LogP contribution in [-0.4, -0.2) is 25.2 Å². The molecule has 6 heteroatoms. The number of aliphatic carboxylic acids is 1. The zero-order chi connectivity index (χ0) is 11.6. The lowest BCUT2D eigenvalue weighted by Crippen LogP contribution is -2.16. The minimum Gasteiger partial charge on any atom is -0.480 e. The van der Waals surface area contributed by atoms with E-state index in [0.29, 0.717) is 10.6 Å². The lowest BCUT2D eigenvalue weighted by atomic mass is 10.2. The van der Waals surface area contributed by atoms with Gasteiger partial charge in [0.15, 0.2) is 15.6 Å². The molecule has 0 aliphatic heterocycles. The molecule has 0 saturated carbocycles. The average molecular weight is 249 g/mol. The molecule has 0 saturated heterocycles. The smallest absolute Gasteiger partial charge is 0.319 e. The topological polar surface area (TPSA) is 71.4 Å². The van der Waals surface area contributed by atoms with Crippen LogP contribution in [0.15, 0.2) is 23.1 Å². The Balaban J connectivity index is 3.22. The van der Waals surface area contributed by atoms with Crippen molar-refractivity contribution < 1.29 is 18.3 Å². The molecule has 1 aromatic rings. The van der Waals surface area contributed by atoms with Gasteiger partial charge in [-0.3, -0.25) is 4.79 Å². The molecule has 0 fully saturated rings. The summed E-state index contributed by atoms with van der Waals surface area (Å²) < 4.78 is 23.1. The van der Waals surface area contributed by atoms with Crippen molar-refractivity contribution in [3.63, 3.8) is 0 Å². The molecule has 82 valence electrons. The monoisotopic (exact) mass is 248 g/mol. The Morgan fingerprint density at radius 1 is 1.47 bits per heavy atom. The van der Waals surface area contributed by atoms with Gasteiger partial charge in [0.05, 0.1) is 4.90 Å². The van der Waals surface area contributed by atoms with E-state index in [0.717, 1.165) is 0 Å². The second-order valence-electron chi connectivity index (χ2n) is 3.06. The van der Waals surface area contributed by atoms with Gasteiger partial charge >= 0.3 is 5.97 Å². The van der Waals surface area contributed by atoms with Crippen molar-refractivity contribution in [2.24, 2.45) is 0 Å². The second kappa shape index (κ2) is 4.20. The predicted octanol–water partition coefficient (Wildman–Crippen LogP) is 1.51. The zero-order valence-corrected chi connectivity index (χ0v) is 9.47. The first kappa shape index (κ1) is 12.0. The van der Waals surface area contributed by atoms with Gasteiger partial charge in [0.1, 0.15) is 0 Å². The molecule has 1 rings (SSSR count). The molecular formula is C9H9ClO4S. The minimum atomic E-state index is -3.77. The number of carbonyl (C=O) groups is 1. The van der Waals surface area contributed by atoms with Gasteiger partial charge in [-0.15, -0.1) is 0 Å². The molecule has 0 radical (unpaired) electrons. The lowest BCUT2D eigenvalue weighted by Gasteiger charge is -2.05. The van der Waals surface area contributed by atoms with Crippen LogP contribution in [0, 0.1) is 6.92 Å². The molecule has 1 N–H and O–H groups in total. The summed E-state index contributed by atoms with van der Waals surface area (Å²) in [5.74, 6) is -2.28. The van der Waals surface area contributed by atoms with Crippen LogP contribution in [0.25, 0.3) is 0 Å². The molecule has 0 atom stereocenters. The fourth-order valence-electron chi connectivity index (χ4n) is 1.20. The van der Waals surface area contributed by atoms with E-state index in [1.807, 2.05) is 0 Å². The maximum Gasteiger partial charge on any atom is 0.319 e. The summed E-state index contributed by atoms with van der Waals surface area (Å²) in [6.07, 6.45) is 0. The van der Waals surface area contributed by atoms with E-state index in [1.54, 1.807) is 6.92 Å². The van der Waals surface area contributed by atoms with Crippen LogP contribution in [0.1, 0.15) is 5.56 Å². The van der Waals surface area contributed by atoms with Gasteiger partial charge in [-0.05, 0) is 30.7 Å². The van der Waals surface area contributed by atoms with Crippen LogP contribution in [0.4, 0.5) is 0 Å². The molecule has 0 spiro atoms. The van der Waals surface area contributed by atoms with Gasteiger partial charge in [0, 0.05) is 5.02 Å². The van der Waals surface area contributed by atoms with E-state index in [2.05, 4.69) is 0 Å². The number of halogens is 1. The minimum absolute atomic E-state index is 0.00861. The van der Waals surface area contributed by atoms with E-state index in [4.69, 9.17) is 16.7 Å². The normalized spacial score (nSPS) is 11.3. The molecule has 4 nitrogen and oxygen atoms in total. The fourth-order valence-corrected chi connectivity index (χ4v) is 2.73. The number of sulfone groups is 1. The van der Waals surface area contributed by atoms with E-state index < -0.39 is 21.6 Å². The quantitative estimate of drug-likeness (QED) is 0.880. The summed E-state index contributed by atoms with van der Waals surface area (Å²) in [6.45, 7) is 1.57. The Kier molecular flexibility index (Phi) is 3.36. The van der Waals surface area contributed by atoms with Gasteiger partial charge < -0.3 is 5.11 Å². The highest BCUT2D eigenvalue weighted by atomic mass is 35.5. The van der Waals surface area contributed by atoms with E-state index in [-0.39, 0.29) is 4.90 Å². The summed E-state index contributed by atoms with van der Waals surface area (Å²) in [6, 6.07) is 4.22. The number of carboxylic acids is 1. The first-order valence-electron chi connectivity index (χ1n) is 4.03. The Bertz CT molecular complexity index is 493. The Morgan fingerprint density at radius 3 is 2.53 bits per heavy atom. The Hall–Kier alpha value is -1.07. The third-order valence-electron chi connectivity index (χ3n) is 1.79. The van der Waals surface area contributed by atoms with Crippen molar-refractivity contribution in [3.05, 3.63) is 28.8 Å². The van der Waals surface area contributed by atoms with Crippen LogP contribution in [0.3, 0.4) is 0 Å². The van der Waals surface area contributed by atoms with E-state index in [1.165, 1.54) is 18.2 Å². The van der Waals surface area contributed by atoms with Crippen molar-refractivity contribution >= 4 is 27.4 Å². The third-order valence-corrected chi connectivity index (χ3v) is 3.78. The highest BCUT2D eigenvalue weighted by molar-refractivity contribution is 7.92. The molecule has 15 heavy (non-hydrogen) atoms. The predicted molar refractivity (Wildman–Crippen MR) is 55.9 cm³/mol. The number of carboxylic acid groups (broad SMARTS) is 1. The number of hydrogen-bond acceptors (Lipinski definition) is 3. The molecule has 0 bridgehead atoms. The van der Waals surface area contributed by atoms with Crippen molar-refractivity contribution in [3.8, 4) is 0 Å². The van der Waals surface area contributed by atoms with Gasteiger partial charge in [0.25, 0.3) is 0 Å². The van der Waals surface area contributed by atoms with Crippen LogP contribution >= 0.6 is 11.6 Å². The molecule has 0 aliphatic carbocycles.